The second-order valence-electron chi connectivity index (χ2n) is 6.56. The number of oxazole rings is 1. The average molecular weight is 367 g/mol. The number of nitrogens with zero attached hydrogens (tertiary/aromatic N) is 1. The lowest BCUT2D eigenvalue weighted by Gasteiger charge is -2.08. The summed E-state index contributed by atoms with van der Waals surface area (Å²) in [6, 6.07) is 13.3. The van der Waals surface area contributed by atoms with Gasteiger partial charge in [0.15, 0.2) is 0 Å². The van der Waals surface area contributed by atoms with Gasteiger partial charge in [-0.05, 0) is 48.4 Å². The van der Waals surface area contributed by atoms with Crippen molar-refractivity contribution in [2.45, 2.75) is 26.2 Å². The van der Waals surface area contributed by atoms with Gasteiger partial charge < -0.3 is 15.1 Å². The first kappa shape index (κ1) is 18.6. The molecule has 5 nitrogen and oxygen atoms in total. The number of anilines is 1. The van der Waals surface area contributed by atoms with Crippen molar-refractivity contribution in [1.29, 1.82) is 0 Å². The Morgan fingerprint density at radius 1 is 1.11 bits per heavy atom. The Balaban J connectivity index is 1.49. The van der Waals surface area contributed by atoms with Crippen LogP contribution in [0.4, 0.5) is 14.9 Å². The maximum atomic E-state index is 12.9. The van der Waals surface area contributed by atoms with E-state index in [0.29, 0.717) is 24.5 Å². The predicted octanol–water partition coefficient (Wildman–Crippen LogP) is 4.97. The van der Waals surface area contributed by atoms with Crippen molar-refractivity contribution in [3.63, 3.8) is 0 Å². The minimum atomic E-state index is -0.289. The molecule has 0 spiro atoms. The summed E-state index contributed by atoms with van der Waals surface area (Å²) in [7, 11) is 0. The van der Waals surface area contributed by atoms with E-state index < -0.39 is 0 Å². The summed E-state index contributed by atoms with van der Waals surface area (Å²) in [5.74, 6) is 1.42. The number of urea groups is 1. The molecule has 1 heterocycles. The summed E-state index contributed by atoms with van der Waals surface area (Å²) >= 11 is 0. The molecular formula is C21H22FN3O2. The Morgan fingerprint density at radius 3 is 2.44 bits per heavy atom. The third kappa shape index (κ3) is 5.17. The number of aromatic nitrogens is 1. The van der Waals surface area contributed by atoms with Crippen LogP contribution in [0.1, 0.15) is 31.1 Å². The Morgan fingerprint density at radius 2 is 1.81 bits per heavy atom. The van der Waals surface area contributed by atoms with Gasteiger partial charge in [0.25, 0.3) is 0 Å². The van der Waals surface area contributed by atoms with E-state index in [1.807, 2.05) is 26.0 Å². The van der Waals surface area contributed by atoms with Gasteiger partial charge in [0.1, 0.15) is 11.6 Å². The highest BCUT2D eigenvalue weighted by atomic mass is 19.1. The summed E-state index contributed by atoms with van der Waals surface area (Å²) in [5.41, 5.74) is 2.49. The fourth-order valence-corrected chi connectivity index (χ4v) is 2.53. The molecule has 2 aromatic carbocycles. The number of carbonyl (C=O) groups excluding carboxylic acids is 1. The fourth-order valence-electron chi connectivity index (χ4n) is 2.53. The first-order valence-electron chi connectivity index (χ1n) is 8.87. The molecule has 3 aromatic rings. The maximum absolute atomic E-state index is 12.9. The van der Waals surface area contributed by atoms with E-state index in [4.69, 9.17) is 4.42 Å². The maximum Gasteiger partial charge on any atom is 0.319 e. The fraction of sp³-hybridized carbons (Fsp3) is 0.238. The number of nitrogens with one attached hydrogen (secondary N) is 2. The van der Waals surface area contributed by atoms with Crippen LogP contribution >= 0.6 is 0 Å². The van der Waals surface area contributed by atoms with Crippen LogP contribution in [-0.2, 0) is 6.42 Å². The van der Waals surface area contributed by atoms with Gasteiger partial charge >= 0.3 is 6.03 Å². The predicted molar refractivity (Wildman–Crippen MR) is 103 cm³/mol. The van der Waals surface area contributed by atoms with Crippen molar-refractivity contribution in [2.75, 3.05) is 11.9 Å². The summed E-state index contributed by atoms with van der Waals surface area (Å²) in [6.45, 7) is 4.56. The van der Waals surface area contributed by atoms with Gasteiger partial charge in [0.05, 0.1) is 6.20 Å². The third-order valence-electron chi connectivity index (χ3n) is 4.09. The van der Waals surface area contributed by atoms with Gasteiger partial charge in [-0.2, -0.15) is 0 Å². The van der Waals surface area contributed by atoms with Crippen LogP contribution < -0.4 is 10.6 Å². The Labute approximate surface area is 157 Å². The van der Waals surface area contributed by atoms with Crippen molar-refractivity contribution in [3.8, 4) is 11.5 Å². The van der Waals surface area contributed by atoms with Crippen LogP contribution in [0.25, 0.3) is 11.5 Å². The number of hydrogen-bond donors (Lipinski definition) is 2. The van der Waals surface area contributed by atoms with Gasteiger partial charge in [-0.15, -0.1) is 0 Å². The van der Waals surface area contributed by atoms with Crippen LogP contribution in [0.3, 0.4) is 0 Å². The van der Waals surface area contributed by atoms with E-state index >= 15 is 0 Å². The summed E-state index contributed by atoms with van der Waals surface area (Å²) in [6.07, 6.45) is 2.37. The minimum Gasteiger partial charge on any atom is -0.441 e. The first-order chi connectivity index (χ1) is 13.0. The van der Waals surface area contributed by atoms with Gasteiger partial charge in [-0.25, -0.2) is 14.2 Å². The van der Waals surface area contributed by atoms with Gasteiger partial charge in [0, 0.05) is 23.7 Å². The van der Waals surface area contributed by atoms with Crippen molar-refractivity contribution in [3.05, 3.63) is 71.9 Å². The Hall–Kier alpha value is -3.15. The molecule has 0 atom stereocenters. The molecule has 140 valence electrons. The lowest BCUT2D eigenvalue weighted by molar-refractivity contribution is 0.252. The van der Waals surface area contributed by atoms with Crippen molar-refractivity contribution in [2.24, 2.45) is 0 Å². The monoisotopic (exact) mass is 367 g/mol. The molecule has 6 heteroatoms. The number of hydrogen-bond acceptors (Lipinski definition) is 3. The molecule has 3 rings (SSSR count). The summed E-state index contributed by atoms with van der Waals surface area (Å²) in [5, 5.41) is 5.56. The zero-order chi connectivity index (χ0) is 19.2. The Bertz CT molecular complexity index is 887. The summed E-state index contributed by atoms with van der Waals surface area (Å²) in [4.78, 5) is 16.3. The molecule has 0 radical (unpaired) electrons. The molecule has 27 heavy (non-hydrogen) atoms. The number of carbonyl (C=O) groups is 1. The zero-order valence-electron chi connectivity index (χ0n) is 15.3. The normalized spacial score (nSPS) is 10.8. The molecule has 0 aliphatic rings. The highest BCUT2D eigenvalue weighted by Crippen LogP contribution is 2.24. The van der Waals surface area contributed by atoms with Crippen LogP contribution in [-0.4, -0.2) is 17.6 Å². The average Bonchev–Trinajstić information content (AvgIpc) is 3.14. The second kappa shape index (κ2) is 8.49. The van der Waals surface area contributed by atoms with Crippen LogP contribution in [0.15, 0.2) is 59.1 Å². The summed E-state index contributed by atoms with van der Waals surface area (Å²) < 4.78 is 18.6. The molecule has 2 amide bonds. The number of rotatable bonds is 6. The first-order valence-corrected chi connectivity index (χ1v) is 8.87. The largest absolute Gasteiger partial charge is 0.441 e. The standard InChI is InChI=1S/C21H22FN3O2/c1-14(2)19-13-24-20(27-19)16-5-9-18(10-6-16)25-21(26)23-12-11-15-3-7-17(22)8-4-15/h3-10,13-14H,11-12H2,1-2H3,(H2,23,25,26). The molecule has 0 bridgehead atoms. The van der Waals surface area contributed by atoms with E-state index in [1.165, 1.54) is 12.1 Å². The number of amides is 2. The molecule has 0 saturated heterocycles. The zero-order valence-corrected chi connectivity index (χ0v) is 15.3. The molecule has 0 fully saturated rings. The lowest BCUT2D eigenvalue weighted by atomic mass is 10.1. The van der Waals surface area contributed by atoms with E-state index in [9.17, 15) is 9.18 Å². The minimum absolute atomic E-state index is 0.266. The van der Waals surface area contributed by atoms with Crippen LogP contribution in [0.5, 0.6) is 0 Å². The third-order valence-corrected chi connectivity index (χ3v) is 4.09. The lowest BCUT2D eigenvalue weighted by Crippen LogP contribution is -2.30. The quantitative estimate of drug-likeness (QED) is 0.646. The van der Waals surface area contributed by atoms with E-state index in [1.54, 1.807) is 30.5 Å². The van der Waals surface area contributed by atoms with Gasteiger partial charge in [0.2, 0.25) is 5.89 Å². The van der Waals surface area contributed by atoms with Gasteiger partial charge in [-0.3, -0.25) is 0 Å². The number of halogens is 1. The smallest absolute Gasteiger partial charge is 0.319 e. The van der Waals surface area contributed by atoms with E-state index in [2.05, 4.69) is 15.6 Å². The van der Waals surface area contributed by atoms with E-state index in [0.717, 1.165) is 16.9 Å². The highest BCUT2D eigenvalue weighted by Gasteiger charge is 2.09. The molecule has 0 saturated carbocycles. The van der Waals surface area contributed by atoms with Crippen molar-refractivity contribution < 1.29 is 13.6 Å². The molecular weight excluding hydrogens is 345 g/mol. The molecule has 0 unspecified atom stereocenters. The van der Waals surface area contributed by atoms with Gasteiger partial charge in [-0.1, -0.05) is 26.0 Å². The number of benzene rings is 2. The highest BCUT2D eigenvalue weighted by molar-refractivity contribution is 5.89. The van der Waals surface area contributed by atoms with Crippen LogP contribution in [0, 0.1) is 5.82 Å². The molecule has 0 aliphatic carbocycles. The molecule has 1 aromatic heterocycles. The molecule has 0 aliphatic heterocycles. The van der Waals surface area contributed by atoms with Crippen molar-refractivity contribution in [1.82, 2.24) is 10.3 Å². The Kier molecular flexibility index (Phi) is 5.86. The van der Waals surface area contributed by atoms with Crippen LogP contribution in [0.2, 0.25) is 0 Å². The van der Waals surface area contributed by atoms with E-state index in [-0.39, 0.29) is 17.8 Å². The topological polar surface area (TPSA) is 67.2 Å². The molecule has 2 N–H and O–H groups in total. The van der Waals surface area contributed by atoms with Crippen molar-refractivity contribution >= 4 is 11.7 Å². The SMILES string of the molecule is CC(C)c1cnc(-c2ccc(NC(=O)NCCc3ccc(F)cc3)cc2)o1. The second-order valence-corrected chi connectivity index (χ2v) is 6.56.